The SMILES string of the molecule is CCCCC/C=C\C/C=C\CCCCCCCCC1(CCCCCCCC/C=C\C/C=C\CCCCC)O[C@@H]2C3CC([C@@H]4CC34)[C@@H]2O1. The molecule has 0 aromatic rings. The lowest BCUT2D eigenvalue weighted by atomic mass is 9.95. The van der Waals surface area contributed by atoms with Crippen LogP contribution in [0.2, 0.25) is 0 Å². The molecule has 3 saturated carbocycles. The van der Waals surface area contributed by atoms with E-state index >= 15 is 0 Å². The molecule has 0 spiro atoms. The van der Waals surface area contributed by atoms with E-state index in [4.69, 9.17) is 9.47 Å². The molecule has 4 fully saturated rings. The highest BCUT2D eigenvalue weighted by molar-refractivity contribution is 5.17. The van der Waals surface area contributed by atoms with Crippen LogP contribution < -0.4 is 0 Å². The third-order valence-corrected chi connectivity index (χ3v) is 11.9. The summed E-state index contributed by atoms with van der Waals surface area (Å²) in [6, 6.07) is 0. The van der Waals surface area contributed by atoms with E-state index in [-0.39, 0.29) is 5.79 Å². The summed E-state index contributed by atoms with van der Waals surface area (Å²) in [6.45, 7) is 4.55. The molecule has 268 valence electrons. The number of hydrogen-bond donors (Lipinski definition) is 0. The molecule has 3 unspecified atom stereocenters. The fourth-order valence-electron chi connectivity index (χ4n) is 9.09. The minimum absolute atomic E-state index is 0.256. The van der Waals surface area contributed by atoms with Crippen molar-refractivity contribution < 1.29 is 9.47 Å². The van der Waals surface area contributed by atoms with Crippen LogP contribution in [0, 0.1) is 23.7 Å². The first-order valence-electron chi connectivity index (χ1n) is 21.2. The average molecular weight is 649 g/mol. The van der Waals surface area contributed by atoms with Crippen LogP contribution in [0.3, 0.4) is 0 Å². The Morgan fingerprint density at radius 3 is 1.15 bits per heavy atom. The number of hydrogen-bond acceptors (Lipinski definition) is 2. The molecule has 4 aliphatic rings. The van der Waals surface area contributed by atoms with Gasteiger partial charge in [-0.1, -0.05) is 140 Å². The number of unbranched alkanes of at least 4 members (excludes halogenated alkanes) is 18. The molecule has 2 heteroatoms. The van der Waals surface area contributed by atoms with Gasteiger partial charge in [0.05, 0.1) is 12.2 Å². The van der Waals surface area contributed by atoms with E-state index in [1.54, 1.807) is 0 Å². The van der Waals surface area contributed by atoms with Gasteiger partial charge in [-0.3, -0.25) is 0 Å². The van der Waals surface area contributed by atoms with Crippen molar-refractivity contribution in [3.8, 4) is 0 Å². The zero-order chi connectivity index (χ0) is 32.8. The van der Waals surface area contributed by atoms with Gasteiger partial charge in [-0.25, -0.2) is 0 Å². The van der Waals surface area contributed by atoms with Gasteiger partial charge in [0.2, 0.25) is 0 Å². The zero-order valence-electron chi connectivity index (χ0n) is 31.2. The molecule has 6 atom stereocenters. The maximum atomic E-state index is 7.01. The number of ether oxygens (including phenoxy) is 2. The standard InChI is InChI=1S/C45H76O2/c1-3-5-7-9-11-13-15-17-19-21-23-25-27-29-31-33-35-45(46-43-41-38-42(44(43)47-45)40-37-39(40)41)36-34-32-30-28-26-24-22-20-18-16-14-12-10-8-6-4-2/h11-14,17-20,39-44H,3-10,15-16,21-38H2,1-2H3/b13-11-,14-12-,19-17-,20-18-/t39-,40?,41?,42?,43+,44-/m1/s1. The normalized spacial score (nSPS) is 27.4. The van der Waals surface area contributed by atoms with Crippen molar-refractivity contribution in [3.63, 3.8) is 0 Å². The molecule has 2 bridgehead atoms. The van der Waals surface area contributed by atoms with Crippen molar-refractivity contribution in [2.75, 3.05) is 0 Å². The van der Waals surface area contributed by atoms with E-state index in [2.05, 4.69) is 62.5 Å². The molecule has 0 N–H and O–H groups in total. The summed E-state index contributed by atoms with van der Waals surface area (Å²) in [5, 5.41) is 0. The summed E-state index contributed by atoms with van der Waals surface area (Å²) in [5.41, 5.74) is 0. The van der Waals surface area contributed by atoms with Gasteiger partial charge < -0.3 is 9.47 Å². The predicted octanol–water partition coefficient (Wildman–Crippen LogP) is 14.2. The Hall–Kier alpha value is -1.12. The Kier molecular flexibility index (Phi) is 19.2. The molecule has 0 aromatic carbocycles. The quantitative estimate of drug-likeness (QED) is 0.0570. The van der Waals surface area contributed by atoms with Crippen LogP contribution in [0.4, 0.5) is 0 Å². The van der Waals surface area contributed by atoms with Crippen LogP contribution in [-0.2, 0) is 9.47 Å². The van der Waals surface area contributed by atoms with Crippen LogP contribution in [0.5, 0.6) is 0 Å². The van der Waals surface area contributed by atoms with E-state index < -0.39 is 0 Å². The van der Waals surface area contributed by atoms with Crippen molar-refractivity contribution in [1.82, 2.24) is 0 Å². The fraction of sp³-hybridized carbons (Fsp3) is 0.822. The van der Waals surface area contributed by atoms with Crippen molar-refractivity contribution in [1.29, 1.82) is 0 Å². The topological polar surface area (TPSA) is 18.5 Å². The Morgan fingerprint density at radius 1 is 0.404 bits per heavy atom. The second kappa shape index (κ2) is 23.3. The summed E-state index contributed by atoms with van der Waals surface area (Å²) in [6.07, 6.45) is 56.3. The average Bonchev–Trinajstić information content (AvgIpc) is 3.51. The number of fused-ring (bicyclic) bond motifs is 8. The molecule has 1 saturated heterocycles. The van der Waals surface area contributed by atoms with Crippen molar-refractivity contribution >= 4 is 0 Å². The van der Waals surface area contributed by atoms with Gasteiger partial charge in [-0.2, -0.15) is 0 Å². The van der Waals surface area contributed by atoms with Gasteiger partial charge in [-0.15, -0.1) is 0 Å². The Labute approximate surface area is 292 Å². The van der Waals surface area contributed by atoms with Crippen LogP contribution >= 0.6 is 0 Å². The van der Waals surface area contributed by atoms with E-state index in [0.717, 1.165) is 49.4 Å². The number of allylic oxidation sites excluding steroid dienone is 8. The summed E-state index contributed by atoms with van der Waals surface area (Å²) in [4.78, 5) is 0. The lowest BCUT2D eigenvalue weighted by Crippen LogP contribution is -2.33. The van der Waals surface area contributed by atoms with Gasteiger partial charge >= 0.3 is 0 Å². The lowest BCUT2D eigenvalue weighted by Gasteiger charge is -2.30. The third kappa shape index (κ3) is 14.0. The second-order valence-corrected chi connectivity index (χ2v) is 15.9. The second-order valence-electron chi connectivity index (χ2n) is 15.9. The first-order chi connectivity index (χ1) is 23.3. The summed E-state index contributed by atoms with van der Waals surface area (Å²) in [5.74, 6) is 3.37. The van der Waals surface area contributed by atoms with Crippen LogP contribution in [0.25, 0.3) is 0 Å². The van der Waals surface area contributed by atoms with Gasteiger partial charge in [0.25, 0.3) is 0 Å². The molecule has 3 aliphatic carbocycles. The summed E-state index contributed by atoms with van der Waals surface area (Å²) >= 11 is 0. The van der Waals surface area contributed by atoms with Crippen molar-refractivity contribution in [3.05, 3.63) is 48.6 Å². The number of rotatable bonds is 30. The van der Waals surface area contributed by atoms with Crippen LogP contribution in [0.1, 0.15) is 194 Å². The molecule has 2 nitrogen and oxygen atoms in total. The van der Waals surface area contributed by atoms with Gasteiger partial charge in [0, 0.05) is 12.8 Å². The van der Waals surface area contributed by atoms with Gasteiger partial charge in [0.15, 0.2) is 5.79 Å². The highest BCUT2D eigenvalue weighted by Crippen LogP contribution is 2.69. The molecule has 0 amide bonds. The molecule has 1 heterocycles. The first-order valence-corrected chi connectivity index (χ1v) is 21.2. The first kappa shape index (κ1) is 38.7. The fourth-order valence-corrected chi connectivity index (χ4v) is 9.09. The smallest absolute Gasteiger partial charge is 0.169 e. The van der Waals surface area contributed by atoms with Crippen LogP contribution in [-0.4, -0.2) is 18.0 Å². The molecule has 47 heavy (non-hydrogen) atoms. The van der Waals surface area contributed by atoms with Crippen LogP contribution in [0.15, 0.2) is 48.6 Å². The summed E-state index contributed by atoms with van der Waals surface area (Å²) < 4.78 is 14.0. The Morgan fingerprint density at radius 2 is 0.745 bits per heavy atom. The van der Waals surface area contributed by atoms with Gasteiger partial charge in [-0.05, 0) is 114 Å². The largest absolute Gasteiger partial charge is 0.344 e. The van der Waals surface area contributed by atoms with Crippen molar-refractivity contribution in [2.45, 2.75) is 212 Å². The van der Waals surface area contributed by atoms with Gasteiger partial charge in [0.1, 0.15) is 0 Å². The van der Waals surface area contributed by atoms with Crippen molar-refractivity contribution in [2.24, 2.45) is 23.7 Å². The molecule has 1 aliphatic heterocycles. The molecular formula is C45H76O2. The minimum Gasteiger partial charge on any atom is -0.344 e. The molecule has 4 rings (SSSR count). The summed E-state index contributed by atoms with van der Waals surface area (Å²) in [7, 11) is 0. The highest BCUT2D eigenvalue weighted by Gasteiger charge is 2.70. The van der Waals surface area contributed by atoms with E-state index in [1.807, 2.05) is 0 Å². The monoisotopic (exact) mass is 649 g/mol. The molecule has 0 aromatic heterocycles. The Balaban J connectivity index is 1.02. The Bertz CT molecular complexity index is 841. The zero-order valence-corrected chi connectivity index (χ0v) is 31.2. The lowest BCUT2D eigenvalue weighted by molar-refractivity contribution is -0.197. The molecule has 0 radical (unpaired) electrons. The highest BCUT2D eigenvalue weighted by atomic mass is 16.8. The maximum absolute atomic E-state index is 7.01. The minimum atomic E-state index is -0.256. The predicted molar refractivity (Wildman–Crippen MR) is 204 cm³/mol. The molecular weight excluding hydrogens is 572 g/mol. The van der Waals surface area contributed by atoms with E-state index in [1.165, 1.54) is 154 Å². The maximum Gasteiger partial charge on any atom is 0.169 e. The van der Waals surface area contributed by atoms with E-state index in [0.29, 0.717) is 12.2 Å². The third-order valence-electron chi connectivity index (χ3n) is 11.9. The van der Waals surface area contributed by atoms with E-state index in [9.17, 15) is 0 Å².